The summed E-state index contributed by atoms with van der Waals surface area (Å²) < 4.78 is 0.756. The Morgan fingerprint density at radius 3 is 2.76 bits per heavy atom. The number of amides is 1. The number of aromatic nitrogens is 1. The maximum atomic E-state index is 11.9. The largest absolute Gasteiger partial charge is 0.481 e. The highest BCUT2D eigenvalue weighted by molar-refractivity contribution is 9.10. The van der Waals surface area contributed by atoms with Crippen LogP contribution in [0.15, 0.2) is 22.9 Å². The van der Waals surface area contributed by atoms with E-state index in [-0.39, 0.29) is 18.2 Å². The predicted molar refractivity (Wildman–Crippen MR) is 63.6 cm³/mol. The van der Waals surface area contributed by atoms with Crippen molar-refractivity contribution in [3.63, 3.8) is 0 Å². The minimum absolute atomic E-state index is 0.0802. The lowest BCUT2D eigenvalue weighted by atomic mass is 9.95. The Hall–Kier alpha value is -1.43. The molecule has 1 saturated heterocycles. The topological polar surface area (TPSA) is 70.5 Å². The summed E-state index contributed by atoms with van der Waals surface area (Å²) in [5, 5.41) is 8.61. The smallest absolute Gasteiger partial charge is 0.303 e. The van der Waals surface area contributed by atoms with Crippen molar-refractivity contribution in [2.75, 3.05) is 13.1 Å². The molecule has 1 aromatic heterocycles. The van der Waals surface area contributed by atoms with Gasteiger partial charge in [-0.05, 0) is 22.0 Å². The van der Waals surface area contributed by atoms with Gasteiger partial charge in [0.25, 0.3) is 5.91 Å². The number of hydrogen-bond acceptors (Lipinski definition) is 3. The highest BCUT2D eigenvalue weighted by atomic mass is 79.9. The third-order valence-electron chi connectivity index (χ3n) is 2.66. The summed E-state index contributed by atoms with van der Waals surface area (Å²) in [7, 11) is 0. The third kappa shape index (κ3) is 2.82. The van der Waals surface area contributed by atoms with Gasteiger partial charge in [-0.25, -0.2) is 0 Å². The number of pyridine rings is 1. The fourth-order valence-corrected chi connectivity index (χ4v) is 2.19. The standard InChI is InChI=1S/C11H11BrN2O3/c12-9-2-8(3-13-4-9)11(17)14-5-7(6-14)1-10(15)16/h2-4,7H,1,5-6H2,(H,15,16). The van der Waals surface area contributed by atoms with E-state index in [1.807, 2.05) is 0 Å². The van der Waals surface area contributed by atoms with E-state index >= 15 is 0 Å². The number of rotatable bonds is 3. The van der Waals surface area contributed by atoms with E-state index < -0.39 is 5.97 Å². The van der Waals surface area contributed by atoms with Crippen LogP contribution >= 0.6 is 15.9 Å². The summed E-state index contributed by atoms with van der Waals surface area (Å²) in [5.74, 6) is -0.830. The monoisotopic (exact) mass is 298 g/mol. The van der Waals surface area contributed by atoms with Crippen molar-refractivity contribution in [3.05, 3.63) is 28.5 Å². The molecule has 6 heteroatoms. The van der Waals surface area contributed by atoms with Crippen molar-refractivity contribution >= 4 is 27.8 Å². The first-order valence-electron chi connectivity index (χ1n) is 5.18. The normalized spacial score (nSPS) is 15.5. The SMILES string of the molecule is O=C(O)CC1CN(C(=O)c2cncc(Br)c2)C1. The number of carbonyl (C=O) groups is 2. The number of carbonyl (C=O) groups excluding carboxylic acids is 1. The molecule has 0 atom stereocenters. The number of aliphatic carboxylic acids is 1. The molecule has 1 aromatic rings. The van der Waals surface area contributed by atoms with Crippen LogP contribution in [0.1, 0.15) is 16.8 Å². The molecule has 1 aliphatic rings. The zero-order valence-corrected chi connectivity index (χ0v) is 10.6. The van der Waals surface area contributed by atoms with Gasteiger partial charge in [-0.1, -0.05) is 0 Å². The summed E-state index contributed by atoms with van der Waals surface area (Å²) >= 11 is 3.25. The first-order chi connectivity index (χ1) is 8.06. The molecule has 2 heterocycles. The lowest BCUT2D eigenvalue weighted by molar-refractivity contribution is -0.139. The Bertz CT molecular complexity index is 458. The molecule has 1 aliphatic heterocycles. The van der Waals surface area contributed by atoms with Crippen molar-refractivity contribution in [2.45, 2.75) is 6.42 Å². The van der Waals surface area contributed by atoms with Gasteiger partial charge in [-0.2, -0.15) is 0 Å². The van der Waals surface area contributed by atoms with Gasteiger partial charge in [0.05, 0.1) is 12.0 Å². The number of carboxylic acids is 1. The summed E-state index contributed by atoms with van der Waals surface area (Å²) in [5.41, 5.74) is 0.521. The van der Waals surface area contributed by atoms with Crippen molar-refractivity contribution in [2.24, 2.45) is 5.92 Å². The summed E-state index contributed by atoms with van der Waals surface area (Å²) in [6.07, 6.45) is 3.25. The highest BCUT2D eigenvalue weighted by Gasteiger charge is 2.32. The van der Waals surface area contributed by atoms with E-state index in [0.717, 1.165) is 4.47 Å². The van der Waals surface area contributed by atoms with Crippen molar-refractivity contribution < 1.29 is 14.7 Å². The molecular weight excluding hydrogens is 288 g/mol. The molecule has 0 saturated carbocycles. The predicted octanol–water partition coefficient (Wildman–Crippen LogP) is 1.39. The Balaban J connectivity index is 1.93. The van der Waals surface area contributed by atoms with E-state index in [2.05, 4.69) is 20.9 Å². The van der Waals surface area contributed by atoms with Crippen LogP contribution < -0.4 is 0 Å². The van der Waals surface area contributed by atoms with Crippen LogP contribution in [0.25, 0.3) is 0 Å². The molecule has 0 aliphatic carbocycles. The minimum Gasteiger partial charge on any atom is -0.481 e. The van der Waals surface area contributed by atoms with Crippen LogP contribution in [0.2, 0.25) is 0 Å². The van der Waals surface area contributed by atoms with Crippen LogP contribution in [0.4, 0.5) is 0 Å². The molecule has 1 N–H and O–H groups in total. The molecule has 0 spiro atoms. The summed E-state index contributed by atoms with van der Waals surface area (Å²) in [6, 6.07) is 1.71. The number of hydrogen-bond donors (Lipinski definition) is 1. The summed E-state index contributed by atoms with van der Waals surface area (Å²) in [6.45, 7) is 1.02. The molecule has 2 rings (SSSR count). The second kappa shape index (κ2) is 4.83. The number of nitrogens with zero attached hydrogens (tertiary/aromatic N) is 2. The van der Waals surface area contributed by atoms with Gasteiger partial charge in [0.1, 0.15) is 0 Å². The molecular formula is C11H11BrN2O3. The van der Waals surface area contributed by atoms with Gasteiger partial charge in [0, 0.05) is 35.9 Å². The van der Waals surface area contributed by atoms with Gasteiger partial charge >= 0.3 is 5.97 Å². The van der Waals surface area contributed by atoms with E-state index in [9.17, 15) is 9.59 Å². The minimum atomic E-state index is -0.814. The number of likely N-dealkylation sites (tertiary alicyclic amines) is 1. The lowest BCUT2D eigenvalue weighted by Crippen LogP contribution is -2.50. The van der Waals surface area contributed by atoms with Gasteiger partial charge in [-0.15, -0.1) is 0 Å². The van der Waals surface area contributed by atoms with Crippen LogP contribution in [0.5, 0.6) is 0 Å². The maximum absolute atomic E-state index is 11.9. The fraction of sp³-hybridized carbons (Fsp3) is 0.364. The van der Waals surface area contributed by atoms with Crippen molar-refractivity contribution in [1.29, 1.82) is 0 Å². The van der Waals surface area contributed by atoms with Crippen molar-refractivity contribution in [1.82, 2.24) is 9.88 Å². The maximum Gasteiger partial charge on any atom is 0.303 e. The van der Waals surface area contributed by atoms with Gasteiger partial charge in [0.15, 0.2) is 0 Å². The van der Waals surface area contributed by atoms with Gasteiger partial charge in [0.2, 0.25) is 0 Å². The van der Waals surface area contributed by atoms with Crippen LogP contribution in [0, 0.1) is 5.92 Å². The van der Waals surface area contributed by atoms with Gasteiger partial charge < -0.3 is 10.0 Å². The Morgan fingerprint density at radius 1 is 1.47 bits per heavy atom. The van der Waals surface area contributed by atoms with Crippen LogP contribution in [-0.2, 0) is 4.79 Å². The summed E-state index contributed by atoms with van der Waals surface area (Å²) in [4.78, 5) is 28.0. The Kier molecular flexibility index (Phi) is 3.42. The second-order valence-electron chi connectivity index (χ2n) is 4.07. The first-order valence-corrected chi connectivity index (χ1v) is 5.97. The molecule has 5 nitrogen and oxygen atoms in total. The van der Waals surface area contributed by atoms with E-state index in [1.54, 1.807) is 17.2 Å². The molecule has 0 bridgehead atoms. The molecule has 1 amide bonds. The van der Waals surface area contributed by atoms with Crippen LogP contribution in [-0.4, -0.2) is 40.0 Å². The fourth-order valence-electron chi connectivity index (χ4n) is 1.82. The van der Waals surface area contributed by atoms with Gasteiger partial charge in [-0.3, -0.25) is 14.6 Å². The molecule has 1 fully saturated rings. The third-order valence-corrected chi connectivity index (χ3v) is 3.09. The molecule has 0 unspecified atom stereocenters. The number of carboxylic acid groups (broad SMARTS) is 1. The quantitative estimate of drug-likeness (QED) is 0.915. The zero-order valence-electron chi connectivity index (χ0n) is 8.97. The molecule has 17 heavy (non-hydrogen) atoms. The average Bonchev–Trinajstić information content (AvgIpc) is 2.21. The number of halogens is 1. The lowest BCUT2D eigenvalue weighted by Gasteiger charge is -2.38. The van der Waals surface area contributed by atoms with E-state index in [1.165, 1.54) is 6.20 Å². The highest BCUT2D eigenvalue weighted by Crippen LogP contribution is 2.22. The van der Waals surface area contributed by atoms with E-state index in [4.69, 9.17) is 5.11 Å². The molecule has 0 radical (unpaired) electrons. The molecule has 90 valence electrons. The Labute approximate surface area is 107 Å². The Morgan fingerprint density at radius 2 is 2.18 bits per heavy atom. The average molecular weight is 299 g/mol. The van der Waals surface area contributed by atoms with Crippen LogP contribution in [0.3, 0.4) is 0 Å². The second-order valence-corrected chi connectivity index (χ2v) is 4.98. The van der Waals surface area contributed by atoms with Crippen molar-refractivity contribution in [3.8, 4) is 0 Å². The zero-order chi connectivity index (χ0) is 12.4. The molecule has 0 aromatic carbocycles. The van der Waals surface area contributed by atoms with E-state index in [0.29, 0.717) is 18.7 Å². The first kappa shape index (κ1) is 12.0.